The zero-order chi connectivity index (χ0) is 19.0. The lowest BCUT2D eigenvalue weighted by Gasteiger charge is -2.41. The van der Waals surface area contributed by atoms with Gasteiger partial charge in [0.2, 0.25) is 5.91 Å². The summed E-state index contributed by atoms with van der Waals surface area (Å²) in [5, 5.41) is 0. The lowest BCUT2D eigenvalue weighted by Crippen LogP contribution is -2.48. The lowest BCUT2D eigenvalue weighted by atomic mass is 9.73. The molecule has 27 heavy (non-hydrogen) atoms. The van der Waals surface area contributed by atoms with Crippen LogP contribution in [0.1, 0.15) is 36.3 Å². The molecule has 4 rings (SSSR count). The molecule has 2 saturated heterocycles. The number of nitrogens with zero attached hydrogens (tertiary/aromatic N) is 3. The van der Waals surface area contributed by atoms with E-state index < -0.39 is 0 Å². The molecule has 1 unspecified atom stereocenters. The summed E-state index contributed by atoms with van der Waals surface area (Å²) in [6, 6.07) is 8.54. The first-order chi connectivity index (χ1) is 13.0. The Labute approximate surface area is 161 Å². The van der Waals surface area contributed by atoms with E-state index in [1.54, 1.807) is 19.0 Å². The molecule has 0 saturated carbocycles. The van der Waals surface area contributed by atoms with E-state index in [4.69, 9.17) is 4.74 Å². The zero-order valence-corrected chi connectivity index (χ0v) is 16.3. The minimum Gasteiger partial charge on any atom is -0.378 e. The summed E-state index contributed by atoms with van der Waals surface area (Å²) >= 11 is 0. The summed E-state index contributed by atoms with van der Waals surface area (Å²) in [5.41, 5.74) is 2.54. The van der Waals surface area contributed by atoms with Crippen LogP contribution in [0.5, 0.6) is 0 Å². The molecule has 3 aliphatic rings. The van der Waals surface area contributed by atoms with Crippen molar-refractivity contribution in [3.05, 3.63) is 35.4 Å². The van der Waals surface area contributed by atoms with Crippen LogP contribution in [-0.4, -0.2) is 80.1 Å². The van der Waals surface area contributed by atoms with Crippen LogP contribution >= 0.6 is 0 Å². The molecule has 0 N–H and O–H groups in total. The molecule has 1 spiro atoms. The number of carbonyl (C=O) groups excluding carboxylic acids is 2. The first-order valence-corrected chi connectivity index (χ1v) is 9.94. The topological polar surface area (TPSA) is 53.1 Å². The van der Waals surface area contributed by atoms with E-state index in [0.717, 1.165) is 32.4 Å². The Morgan fingerprint density at radius 1 is 1.04 bits per heavy atom. The quantitative estimate of drug-likeness (QED) is 0.759. The minimum atomic E-state index is -0.0598. The van der Waals surface area contributed by atoms with Crippen molar-refractivity contribution in [2.75, 3.05) is 53.5 Å². The third-order valence-corrected chi connectivity index (χ3v) is 6.50. The minimum absolute atomic E-state index is 0.0201. The number of urea groups is 1. The molecule has 0 radical (unpaired) electrons. The first kappa shape index (κ1) is 18.3. The standard InChI is InChI=1S/C21H29N3O3/c1-22(2)20(26)24-9-7-21(8-10-24)15-17(16-5-3-4-6-18(16)21)19(25)23-11-13-27-14-12-23/h3-6,17H,7-15H2,1-2H3. The summed E-state index contributed by atoms with van der Waals surface area (Å²) in [4.78, 5) is 31.1. The molecule has 6 heteroatoms. The Bertz CT molecular complexity index is 719. The van der Waals surface area contributed by atoms with Crippen LogP contribution in [0.15, 0.2) is 24.3 Å². The van der Waals surface area contributed by atoms with Gasteiger partial charge in [-0.1, -0.05) is 24.3 Å². The Balaban J connectivity index is 1.56. The van der Waals surface area contributed by atoms with E-state index in [1.807, 2.05) is 15.9 Å². The van der Waals surface area contributed by atoms with Crippen LogP contribution in [0.4, 0.5) is 4.79 Å². The van der Waals surface area contributed by atoms with Crippen LogP contribution in [0, 0.1) is 0 Å². The molecule has 2 aliphatic heterocycles. The average Bonchev–Trinajstić information content (AvgIpc) is 3.02. The number of piperidine rings is 1. The van der Waals surface area contributed by atoms with E-state index in [1.165, 1.54) is 11.1 Å². The summed E-state index contributed by atoms with van der Waals surface area (Å²) in [7, 11) is 3.60. The number of hydrogen-bond donors (Lipinski definition) is 0. The SMILES string of the molecule is CN(C)C(=O)N1CCC2(CC1)CC(C(=O)N1CCOCC1)c1ccccc12. The molecule has 0 aromatic heterocycles. The predicted octanol–water partition coefficient (Wildman–Crippen LogP) is 2.05. The summed E-state index contributed by atoms with van der Waals surface area (Å²) < 4.78 is 5.41. The van der Waals surface area contributed by atoms with Crippen molar-refractivity contribution >= 4 is 11.9 Å². The third-order valence-electron chi connectivity index (χ3n) is 6.50. The van der Waals surface area contributed by atoms with E-state index in [2.05, 4.69) is 18.2 Å². The number of benzene rings is 1. The first-order valence-electron chi connectivity index (χ1n) is 9.94. The van der Waals surface area contributed by atoms with E-state index in [9.17, 15) is 9.59 Å². The normalized spacial score (nSPS) is 24.0. The van der Waals surface area contributed by atoms with Crippen molar-refractivity contribution in [1.82, 2.24) is 14.7 Å². The molecule has 1 aromatic carbocycles. The molecule has 2 heterocycles. The van der Waals surface area contributed by atoms with Crippen molar-refractivity contribution < 1.29 is 14.3 Å². The van der Waals surface area contributed by atoms with Crippen LogP contribution in [0.25, 0.3) is 0 Å². The van der Waals surface area contributed by atoms with Gasteiger partial charge in [-0.15, -0.1) is 0 Å². The second kappa shape index (κ2) is 7.15. The highest BCUT2D eigenvalue weighted by Crippen LogP contribution is 2.52. The fraction of sp³-hybridized carbons (Fsp3) is 0.619. The Morgan fingerprint density at radius 2 is 1.70 bits per heavy atom. The zero-order valence-electron chi connectivity index (χ0n) is 16.3. The van der Waals surface area contributed by atoms with Crippen molar-refractivity contribution in [1.29, 1.82) is 0 Å². The number of amides is 3. The van der Waals surface area contributed by atoms with Gasteiger partial charge in [0.1, 0.15) is 0 Å². The molecule has 1 aliphatic carbocycles. The number of fused-ring (bicyclic) bond motifs is 2. The van der Waals surface area contributed by atoms with Crippen LogP contribution in [-0.2, 0) is 14.9 Å². The maximum absolute atomic E-state index is 13.3. The molecule has 2 fully saturated rings. The molecule has 6 nitrogen and oxygen atoms in total. The Morgan fingerprint density at radius 3 is 2.37 bits per heavy atom. The molecule has 3 amide bonds. The number of likely N-dealkylation sites (tertiary alicyclic amines) is 1. The number of carbonyl (C=O) groups is 2. The molecular weight excluding hydrogens is 342 g/mol. The van der Waals surface area contributed by atoms with Crippen LogP contribution < -0.4 is 0 Å². The Hall–Kier alpha value is -2.08. The summed E-state index contributed by atoms with van der Waals surface area (Å²) in [5.74, 6) is 0.185. The summed E-state index contributed by atoms with van der Waals surface area (Å²) in [6.45, 7) is 4.15. The fourth-order valence-electron chi connectivity index (χ4n) is 5.00. The van der Waals surface area contributed by atoms with Gasteiger partial charge < -0.3 is 19.4 Å². The number of rotatable bonds is 1. The maximum atomic E-state index is 13.3. The van der Waals surface area contributed by atoms with Crippen LogP contribution in [0.2, 0.25) is 0 Å². The monoisotopic (exact) mass is 371 g/mol. The number of hydrogen-bond acceptors (Lipinski definition) is 3. The van der Waals surface area contributed by atoms with Gasteiger partial charge >= 0.3 is 6.03 Å². The van der Waals surface area contributed by atoms with Gasteiger partial charge in [-0.3, -0.25) is 4.79 Å². The highest BCUT2D eigenvalue weighted by atomic mass is 16.5. The van der Waals surface area contributed by atoms with Crippen molar-refractivity contribution in [3.8, 4) is 0 Å². The molecule has 0 bridgehead atoms. The molecule has 146 valence electrons. The van der Waals surface area contributed by atoms with Crippen molar-refractivity contribution in [2.24, 2.45) is 0 Å². The van der Waals surface area contributed by atoms with Gasteiger partial charge in [-0.2, -0.15) is 0 Å². The number of ether oxygens (including phenoxy) is 1. The molecule has 1 aromatic rings. The van der Waals surface area contributed by atoms with E-state index in [-0.39, 0.29) is 23.3 Å². The molecule has 1 atom stereocenters. The second-order valence-corrected chi connectivity index (χ2v) is 8.23. The summed E-state index contributed by atoms with van der Waals surface area (Å²) in [6.07, 6.45) is 2.72. The molecular formula is C21H29N3O3. The average molecular weight is 371 g/mol. The van der Waals surface area contributed by atoms with Gasteiger partial charge in [-0.25, -0.2) is 4.79 Å². The maximum Gasteiger partial charge on any atom is 0.319 e. The highest BCUT2D eigenvalue weighted by molar-refractivity contribution is 5.86. The second-order valence-electron chi connectivity index (χ2n) is 8.23. The van der Waals surface area contributed by atoms with Gasteiger partial charge in [0.05, 0.1) is 19.1 Å². The highest BCUT2D eigenvalue weighted by Gasteiger charge is 2.48. The van der Waals surface area contributed by atoms with Gasteiger partial charge in [-0.05, 0) is 30.4 Å². The largest absolute Gasteiger partial charge is 0.378 e. The van der Waals surface area contributed by atoms with Crippen molar-refractivity contribution in [3.63, 3.8) is 0 Å². The van der Waals surface area contributed by atoms with Crippen molar-refractivity contribution in [2.45, 2.75) is 30.6 Å². The van der Waals surface area contributed by atoms with Gasteiger partial charge in [0.15, 0.2) is 0 Å². The van der Waals surface area contributed by atoms with Crippen LogP contribution in [0.3, 0.4) is 0 Å². The van der Waals surface area contributed by atoms with E-state index >= 15 is 0 Å². The fourth-order valence-corrected chi connectivity index (χ4v) is 5.00. The lowest BCUT2D eigenvalue weighted by molar-refractivity contribution is -0.137. The van der Waals surface area contributed by atoms with E-state index in [0.29, 0.717) is 26.3 Å². The Kier molecular flexibility index (Phi) is 4.84. The number of morpholine rings is 1. The van der Waals surface area contributed by atoms with Gasteiger partial charge in [0.25, 0.3) is 0 Å². The van der Waals surface area contributed by atoms with Gasteiger partial charge in [0, 0.05) is 45.7 Å². The predicted molar refractivity (Wildman–Crippen MR) is 103 cm³/mol. The smallest absolute Gasteiger partial charge is 0.319 e. The third kappa shape index (κ3) is 3.20.